The Balaban J connectivity index is 1.31. The molecule has 3 heterocycles. The van der Waals surface area contributed by atoms with Crippen LogP contribution in [0.25, 0.3) is 10.8 Å². The second kappa shape index (κ2) is 8.55. The van der Waals surface area contributed by atoms with Gasteiger partial charge in [0.05, 0.1) is 13.7 Å². The Morgan fingerprint density at radius 3 is 2.66 bits per heavy atom. The van der Waals surface area contributed by atoms with E-state index >= 15 is 0 Å². The molecule has 3 aromatic rings. The van der Waals surface area contributed by atoms with Crippen molar-refractivity contribution < 1.29 is 14.3 Å². The van der Waals surface area contributed by atoms with Gasteiger partial charge in [0.15, 0.2) is 0 Å². The van der Waals surface area contributed by atoms with E-state index in [1.54, 1.807) is 19.1 Å². The number of methoxy groups -OCH3 is 1. The highest BCUT2D eigenvalue weighted by atomic mass is 16.5. The predicted molar refractivity (Wildman–Crippen MR) is 134 cm³/mol. The van der Waals surface area contributed by atoms with Crippen LogP contribution in [0.3, 0.4) is 0 Å². The molecular formula is C27H29N5O3. The average molecular weight is 472 g/mol. The number of carbonyl (C=O) groups is 2. The first-order valence-electron chi connectivity index (χ1n) is 12.0. The van der Waals surface area contributed by atoms with E-state index in [1.165, 1.54) is 4.90 Å². The van der Waals surface area contributed by atoms with E-state index in [4.69, 9.17) is 4.74 Å². The van der Waals surface area contributed by atoms with Crippen LogP contribution in [0.4, 0.5) is 10.5 Å². The van der Waals surface area contributed by atoms with Gasteiger partial charge in [0.2, 0.25) is 0 Å². The van der Waals surface area contributed by atoms with Crippen molar-refractivity contribution in [2.24, 2.45) is 0 Å². The van der Waals surface area contributed by atoms with Gasteiger partial charge in [-0.1, -0.05) is 48.5 Å². The molecule has 3 amide bonds. The summed E-state index contributed by atoms with van der Waals surface area (Å²) in [7, 11) is 3.44. The van der Waals surface area contributed by atoms with Crippen molar-refractivity contribution in [2.75, 3.05) is 32.1 Å². The molecule has 8 nitrogen and oxygen atoms in total. The lowest BCUT2D eigenvalue weighted by atomic mass is 10.0. The molecule has 35 heavy (non-hydrogen) atoms. The molecule has 6 rings (SSSR count). The van der Waals surface area contributed by atoms with Crippen molar-refractivity contribution in [3.8, 4) is 5.75 Å². The normalized spacial score (nSPS) is 24.6. The van der Waals surface area contributed by atoms with Crippen LogP contribution < -0.4 is 15.0 Å². The molecule has 0 bridgehead atoms. The molecule has 3 aliphatic rings. The fourth-order valence-electron chi connectivity index (χ4n) is 5.72. The van der Waals surface area contributed by atoms with Crippen LogP contribution in [-0.2, 0) is 11.3 Å². The van der Waals surface area contributed by atoms with Gasteiger partial charge in [0, 0.05) is 31.9 Å². The molecule has 0 aliphatic carbocycles. The molecule has 0 spiro atoms. The lowest BCUT2D eigenvalue weighted by molar-refractivity contribution is -0.139. The molecule has 180 valence electrons. The molecule has 3 saturated heterocycles. The molecule has 3 unspecified atom stereocenters. The molecular weight excluding hydrogens is 442 g/mol. The van der Waals surface area contributed by atoms with E-state index in [0.717, 1.165) is 47.3 Å². The van der Waals surface area contributed by atoms with E-state index in [1.807, 2.05) is 60.7 Å². The number of fused-ring (bicyclic) bond motifs is 4. The zero-order valence-corrected chi connectivity index (χ0v) is 19.9. The number of urea groups is 1. The van der Waals surface area contributed by atoms with Gasteiger partial charge in [-0.15, -0.1) is 0 Å². The first-order valence-corrected chi connectivity index (χ1v) is 12.0. The summed E-state index contributed by atoms with van der Waals surface area (Å²) in [5, 5.41) is 5.73. The fraction of sp³-hybridized carbons (Fsp3) is 0.333. The predicted octanol–water partition coefficient (Wildman–Crippen LogP) is 3.04. The van der Waals surface area contributed by atoms with Crippen LogP contribution in [0.15, 0.2) is 66.7 Å². The highest BCUT2D eigenvalue weighted by Crippen LogP contribution is 2.34. The second-order valence-electron chi connectivity index (χ2n) is 9.37. The number of hydrogen-bond donors (Lipinski definition) is 1. The summed E-state index contributed by atoms with van der Waals surface area (Å²) in [5.74, 6) is 0.646. The highest BCUT2D eigenvalue weighted by molar-refractivity contribution is 6.01. The number of anilines is 1. The topological polar surface area (TPSA) is 68.4 Å². The van der Waals surface area contributed by atoms with Crippen molar-refractivity contribution in [2.45, 2.75) is 31.5 Å². The highest BCUT2D eigenvalue weighted by Gasteiger charge is 2.56. The van der Waals surface area contributed by atoms with Crippen molar-refractivity contribution in [1.82, 2.24) is 20.0 Å². The van der Waals surface area contributed by atoms with Crippen molar-refractivity contribution in [3.63, 3.8) is 0 Å². The summed E-state index contributed by atoms with van der Waals surface area (Å²) in [6.07, 6.45) is 0.366. The van der Waals surface area contributed by atoms with Gasteiger partial charge in [-0.05, 0) is 34.9 Å². The van der Waals surface area contributed by atoms with Crippen LogP contribution in [0.5, 0.6) is 5.75 Å². The number of nitrogens with zero attached hydrogens (tertiary/aromatic N) is 4. The Morgan fingerprint density at radius 2 is 1.80 bits per heavy atom. The fourth-order valence-corrected chi connectivity index (χ4v) is 5.72. The zero-order chi connectivity index (χ0) is 24.1. The number of imide groups is 1. The first-order chi connectivity index (χ1) is 17.1. The lowest BCUT2D eigenvalue weighted by Crippen LogP contribution is -2.66. The summed E-state index contributed by atoms with van der Waals surface area (Å²) in [6, 6.07) is 21.3. The van der Waals surface area contributed by atoms with E-state index in [9.17, 15) is 9.59 Å². The monoisotopic (exact) mass is 471 g/mol. The summed E-state index contributed by atoms with van der Waals surface area (Å²) < 4.78 is 5.43. The maximum Gasteiger partial charge on any atom is 0.328 e. The first kappa shape index (κ1) is 21.9. The van der Waals surface area contributed by atoms with Crippen molar-refractivity contribution >= 4 is 28.4 Å². The number of ether oxygens (including phenoxy) is 1. The summed E-state index contributed by atoms with van der Waals surface area (Å²) in [5.41, 5.74) is 2.00. The van der Waals surface area contributed by atoms with Crippen LogP contribution >= 0.6 is 0 Å². The molecule has 3 aromatic carbocycles. The SMILES string of the molecule is COc1cccc(N2CCCN3C4C(=O)N(Cc5cccc6ccccc56)C(=O)N(C)C4NC23)c1. The number of carbonyl (C=O) groups excluding carboxylic acids is 2. The lowest BCUT2D eigenvalue weighted by Gasteiger charge is -2.44. The van der Waals surface area contributed by atoms with Crippen LogP contribution in [0.1, 0.15) is 12.0 Å². The average Bonchev–Trinajstić information content (AvgIpc) is 3.30. The Hall–Kier alpha value is -3.62. The standard InChI is InChI=1S/C27H29N5O3/c1-29-24-23(31-15-7-14-30(26(31)28-24)20-11-6-12-21(16-20)35-2)25(33)32(27(29)34)17-19-10-5-9-18-8-3-4-13-22(18)19/h3-6,8-13,16,23-24,26,28H,7,14-15,17H2,1-2H3. The summed E-state index contributed by atoms with van der Waals surface area (Å²) >= 11 is 0. The number of nitrogens with one attached hydrogen (secondary N) is 1. The molecule has 0 saturated carbocycles. The quantitative estimate of drug-likeness (QED) is 0.631. The Kier molecular flexibility index (Phi) is 5.35. The number of likely N-dealkylation sites (N-methyl/N-ethyl adjacent to an activating group) is 1. The minimum Gasteiger partial charge on any atom is -0.497 e. The number of hydrogen-bond acceptors (Lipinski definition) is 6. The maximum atomic E-state index is 13.9. The molecule has 3 atom stereocenters. The van der Waals surface area contributed by atoms with Crippen LogP contribution in [-0.4, -0.2) is 72.4 Å². The smallest absolute Gasteiger partial charge is 0.328 e. The summed E-state index contributed by atoms with van der Waals surface area (Å²) in [4.78, 5) is 34.8. The molecule has 8 heteroatoms. The van der Waals surface area contributed by atoms with Gasteiger partial charge >= 0.3 is 6.03 Å². The van der Waals surface area contributed by atoms with Gasteiger partial charge < -0.3 is 14.5 Å². The third kappa shape index (κ3) is 3.52. The third-order valence-corrected chi connectivity index (χ3v) is 7.46. The molecule has 0 aromatic heterocycles. The van der Waals surface area contributed by atoms with Gasteiger partial charge in [0.1, 0.15) is 24.2 Å². The molecule has 1 N–H and O–H groups in total. The van der Waals surface area contributed by atoms with E-state index < -0.39 is 6.04 Å². The maximum absolute atomic E-state index is 13.9. The van der Waals surface area contributed by atoms with Crippen LogP contribution in [0.2, 0.25) is 0 Å². The van der Waals surface area contributed by atoms with Crippen molar-refractivity contribution in [3.05, 3.63) is 72.3 Å². The minimum absolute atomic E-state index is 0.145. The van der Waals surface area contributed by atoms with Gasteiger partial charge in [0.25, 0.3) is 5.91 Å². The van der Waals surface area contributed by atoms with Gasteiger partial charge in [-0.2, -0.15) is 0 Å². The zero-order valence-electron chi connectivity index (χ0n) is 19.9. The van der Waals surface area contributed by atoms with Gasteiger partial charge in [-0.25, -0.2) is 4.79 Å². The van der Waals surface area contributed by atoms with Gasteiger partial charge in [-0.3, -0.25) is 19.9 Å². The Labute approximate surface area is 204 Å². The van der Waals surface area contributed by atoms with E-state index in [-0.39, 0.29) is 30.9 Å². The van der Waals surface area contributed by atoms with E-state index in [2.05, 4.69) is 21.2 Å². The third-order valence-electron chi connectivity index (χ3n) is 7.46. The molecule has 3 fully saturated rings. The number of rotatable bonds is 4. The van der Waals surface area contributed by atoms with Crippen molar-refractivity contribution in [1.29, 1.82) is 0 Å². The molecule has 0 radical (unpaired) electrons. The van der Waals surface area contributed by atoms with E-state index in [0.29, 0.717) is 0 Å². The van der Waals surface area contributed by atoms with Crippen LogP contribution in [0, 0.1) is 0 Å². The Bertz CT molecular complexity index is 1290. The molecule has 3 aliphatic heterocycles. The Morgan fingerprint density at radius 1 is 1.00 bits per heavy atom. The largest absolute Gasteiger partial charge is 0.497 e. The summed E-state index contributed by atoms with van der Waals surface area (Å²) in [6.45, 7) is 1.90. The number of amides is 3. The minimum atomic E-state index is -0.439. The number of benzene rings is 3. The second-order valence-corrected chi connectivity index (χ2v) is 9.37.